The summed E-state index contributed by atoms with van der Waals surface area (Å²) in [5, 5.41) is 3.42. The van der Waals surface area contributed by atoms with Gasteiger partial charge in [0.15, 0.2) is 0 Å². The number of imidazole rings is 1. The Hall–Kier alpha value is -1.84. The first-order valence-electron chi connectivity index (χ1n) is 5.11. The lowest BCUT2D eigenvalue weighted by Gasteiger charge is -2.25. The van der Waals surface area contributed by atoms with Crippen molar-refractivity contribution in [3.05, 3.63) is 42.5 Å². The first-order chi connectivity index (χ1) is 7.43. The standard InChI is InChI=1S/C11H12N4/c1-4-12-5-2-9(1)10-3-7-15-8-6-13-11(15)14-10/h1-2,4-6,8,10H,3,7H2,(H,13,14). The van der Waals surface area contributed by atoms with Crippen LogP contribution in [0.4, 0.5) is 5.95 Å². The summed E-state index contributed by atoms with van der Waals surface area (Å²) in [4.78, 5) is 8.29. The van der Waals surface area contributed by atoms with Crippen LogP contribution in [0.15, 0.2) is 36.9 Å². The lowest BCUT2D eigenvalue weighted by Crippen LogP contribution is -2.21. The second kappa shape index (κ2) is 3.38. The van der Waals surface area contributed by atoms with Crippen LogP contribution in [0.2, 0.25) is 0 Å². The van der Waals surface area contributed by atoms with Gasteiger partial charge >= 0.3 is 0 Å². The van der Waals surface area contributed by atoms with E-state index in [-0.39, 0.29) is 0 Å². The molecule has 2 aromatic heterocycles. The third-order valence-electron chi connectivity index (χ3n) is 2.79. The van der Waals surface area contributed by atoms with Gasteiger partial charge in [-0.1, -0.05) is 0 Å². The monoisotopic (exact) mass is 200 g/mol. The number of nitrogens with zero attached hydrogens (tertiary/aromatic N) is 3. The van der Waals surface area contributed by atoms with E-state index in [9.17, 15) is 0 Å². The first kappa shape index (κ1) is 8.47. The van der Waals surface area contributed by atoms with Crippen LogP contribution in [0.25, 0.3) is 0 Å². The number of hydrogen-bond donors (Lipinski definition) is 1. The van der Waals surface area contributed by atoms with Gasteiger partial charge in [0.25, 0.3) is 0 Å². The zero-order valence-corrected chi connectivity index (χ0v) is 8.30. The number of rotatable bonds is 1. The smallest absolute Gasteiger partial charge is 0.203 e. The van der Waals surface area contributed by atoms with Crippen molar-refractivity contribution in [2.45, 2.75) is 19.0 Å². The Bertz CT molecular complexity index is 449. The van der Waals surface area contributed by atoms with Crippen LogP contribution in [0.5, 0.6) is 0 Å². The minimum absolute atomic E-state index is 0.364. The van der Waals surface area contributed by atoms with Crippen LogP contribution in [-0.4, -0.2) is 14.5 Å². The summed E-state index contributed by atoms with van der Waals surface area (Å²) < 4.78 is 2.14. The van der Waals surface area contributed by atoms with E-state index in [2.05, 4.69) is 32.0 Å². The third kappa shape index (κ3) is 1.48. The molecule has 1 atom stereocenters. The zero-order chi connectivity index (χ0) is 10.1. The summed E-state index contributed by atoms with van der Waals surface area (Å²) in [7, 11) is 0. The molecule has 1 aliphatic rings. The highest BCUT2D eigenvalue weighted by Crippen LogP contribution is 2.26. The first-order valence-corrected chi connectivity index (χ1v) is 5.11. The number of hydrogen-bond acceptors (Lipinski definition) is 3. The Labute approximate surface area is 88.0 Å². The number of anilines is 1. The summed E-state index contributed by atoms with van der Waals surface area (Å²) in [5.41, 5.74) is 1.28. The highest BCUT2D eigenvalue weighted by Gasteiger charge is 2.18. The molecule has 0 fully saturated rings. The zero-order valence-electron chi connectivity index (χ0n) is 8.30. The number of fused-ring (bicyclic) bond motifs is 1. The average Bonchev–Trinajstić information content (AvgIpc) is 2.77. The molecule has 15 heavy (non-hydrogen) atoms. The van der Waals surface area contributed by atoms with Crippen molar-refractivity contribution in [3.8, 4) is 0 Å². The van der Waals surface area contributed by atoms with E-state index < -0.39 is 0 Å². The maximum Gasteiger partial charge on any atom is 0.203 e. The SMILES string of the molecule is c1cc(C2CCn3ccnc3N2)ccn1. The van der Waals surface area contributed by atoms with Crippen molar-refractivity contribution in [1.82, 2.24) is 14.5 Å². The second-order valence-electron chi connectivity index (χ2n) is 3.71. The van der Waals surface area contributed by atoms with E-state index in [1.54, 1.807) is 0 Å². The average molecular weight is 200 g/mol. The van der Waals surface area contributed by atoms with Gasteiger partial charge in [0.1, 0.15) is 0 Å². The molecule has 0 radical (unpaired) electrons. The van der Waals surface area contributed by atoms with Gasteiger partial charge in [-0.25, -0.2) is 4.98 Å². The van der Waals surface area contributed by atoms with Gasteiger partial charge in [0.2, 0.25) is 5.95 Å². The van der Waals surface area contributed by atoms with Crippen molar-refractivity contribution in [3.63, 3.8) is 0 Å². The van der Waals surface area contributed by atoms with Gasteiger partial charge in [-0.3, -0.25) is 4.98 Å². The molecule has 3 heterocycles. The fourth-order valence-electron chi connectivity index (χ4n) is 1.97. The molecule has 1 N–H and O–H groups in total. The van der Waals surface area contributed by atoms with E-state index in [0.29, 0.717) is 6.04 Å². The Morgan fingerprint density at radius 1 is 1.27 bits per heavy atom. The van der Waals surface area contributed by atoms with Crippen molar-refractivity contribution in [1.29, 1.82) is 0 Å². The number of nitrogens with one attached hydrogen (secondary N) is 1. The molecular formula is C11H12N4. The highest BCUT2D eigenvalue weighted by molar-refractivity contribution is 5.34. The van der Waals surface area contributed by atoms with E-state index >= 15 is 0 Å². The predicted octanol–water partition coefficient (Wildman–Crippen LogP) is 1.83. The Balaban J connectivity index is 1.88. The minimum Gasteiger partial charge on any atom is -0.349 e. The molecule has 0 saturated heterocycles. The van der Waals surface area contributed by atoms with Gasteiger partial charge in [0.05, 0.1) is 6.04 Å². The molecule has 0 saturated carbocycles. The molecule has 0 aromatic carbocycles. The topological polar surface area (TPSA) is 42.7 Å². The summed E-state index contributed by atoms with van der Waals surface area (Å²) in [6.45, 7) is 1.02. The van der Waals surface area contributed by atoms with Crippen LogP contribution in [0.1, 0.15) is 18.0 Å². The van der Waals surface area contributed by atoms with Gasteiger partial charge in [-0.05, 0) is 24.1 Å². The van der Waals surface area contributed by atoms with E-state index in [0.717, 1.165) is 18.9 Å². The van der Waals surface area contributed by atoms with Crippen molar-refractivity contribution in [2.24, 2.45) is 0 Å². The Kier molecular flexibility index (Phi) is 1.91. The van der Waals surface area contributed by atoms with Gasteiger partial charge in [-0.15, -0.1) is 0 Å². The fourth-order valence-corrected chi connectivity index (χ4v) is 1.97. The number of pyridine rings is 1. The predicted molar refractivity (Wildman–Crippen MR) is 57.4 cm³/mol. The molecule has 2 aromatic rings. The Morgan fingerprint density at radius 2 is 2.13 bits per heavy atom. The van der Waals surface area contributed by atoms with E-state index in [4.69, 9.17) is 0 Å². The maximum absolute atomic E-state index is 4.27. The van der Waals surface area contributed by atoms with E-state index in [1.165, 1.54) is 5.56 Å². The molecule has 1 unspecified atom stereocenters. The van der Waals surface area contributed by atoms with Crippen LogP contribution in [0.3, 0.4) is 0 Å². The number of aromatic nitrogens is 3. The van der Waals surface area contributed by atoms with Crippen LogP contribution >= 0.6 is 0 Å². The maximum atomic E-state index is 4.27. The summed E-state index contributed by atoms with van der Waals surface area (Å²) in [5.74, 6) is 0.961. The molecule has 4 nitrogen and oxygen atoms in total. The largest absolute Gasteiger partial charge is 0.349 e. The molecular weight excluding hydrogens is 188 g/mol. The van der Waals surface area contributed by atoms with Gasteiger partial charge in [0, 0.05) is 31.3 Å². The summed E-state index contributed by atoms with van der Waals surface area (Å²) in [6.07, 6.45) is 8.59. The third-order valence-corrected chi connectivity index (χ3v) is 2.79. The van der Waals surface area contributed by atoms with Crippen molar-refractivity contribution >= 4 is 5.95 Å². The summed E-state index contributed by atoms with van der Waals surface area (Å²) >= 11 is 0. The molecule has 0 aliphatic carbocycles. The molecule has 0 bridgehead atoms. The molecule has 1 aliphatic heterocycles. The van der Waals surface area contributed by atoms with Crippen LogP contribution in [-0.2, 0) is 6.54 Å². The molecule has 0 spiro atoms. The minimum atomic E-state index is 0.364. The van der Waals surface area contributed by atoms with Crippen LogP contribution < -0.4 is 5.32 Å². The lowest BCUT2D eigenvalue weighted by atomic mass is 10.0. The molecule has 0 amide bonds. The van der Waals surface area contributed by atoms with Crippen molar-refractivity contribution in [2.75, 3.05) is 5.32 Å². The fraction of sp³-hybridized carbons (Fsp3) is 0.273. The molecule has 76 valence electrons. The number of aryl methyl sites for hydroxylation is 1. The molecule has 4 heteroatoms. The van der Waals surface area contributed by atoms with Crippen molar-refractivity contribution < 1.29 is 0 Å². The van der Waals surface area contributed by atoms with Gasteiger partial charge in [-0.2, -0.15) is 0 Å². The van der Waals surface area contributed by atoms with Crippen LogP contribution in [0, 0.1) is 0 Å². The summed E-state index contributed by atoms with van der Waals surface area (Å²) in [6, 6.07) is 4.47. The van der Waals surface area contributed by atoms with Gasteiger partial charge < -0.3 is 9.88 Å². The van der Waals surface area contributed by atoms with E-state index in [1.807, 2.05) is 24.8 Å². The Morgan fingerprint density at radius 3 is 3.00 bits per heavy atom. The normalized spacial score (nSPS) is 19.3. The lowest BCUT2D eigenvalue weighted by molar-refractivity contribution is 0.542. The quantitative estimate of drug-likeness (QED) is 0.763. The second-order valence-corrected chi connectivity index (χ2v) is 3.71. The molecule has 3 rings (SSSR count). The highest BCUT2D eigenvalue weighted by atomic mass is 15.2.